The highest BCUT2D eigenvalue weighted by atomic mass is 35.5. The minimum Gasteiger partial charge on any atom is -0.490 e. The molecule has 7 rings (SSSR count). The predicted molar refractivity (Wildman–Crippen MR) is 195 cm³/mol. The Morgan fingerprint density at radius 2 is 2.02 bits per heavy atom. The number of carbonyl (C=O) groups is 2. The van der Waals surface area contributed by atoms with Crippen molar-refractivity contribution in [3.8, 4) is 5.75 Å². The number of hydrogen-bond acceptors (Lipinski definition) is 7. The first-order valence-corrected chi connectivity index (χ1v) is 19.9. The Hall–Kier alpha value is -3.12. The van der Waals surface area contributed by atoms with Crippen LogP contribution in [0, 0.1) is 17.8 Å². The third-order valence-electron chi connectivity index (χ3n) is 11.7. The molecule has 2 aromatic carbocycles. The smallest absolute Gasteiger partial charge is 0.327 e. The molecule has 2 heterocycles. The van der Waals surface area contributed by atoms with Gasteiger partial charge < -0.3 is 24.4 Å². The van der Waals surface area contributed by atoms with Gasteiger partial charge >= 0.3 is 6.03 Å². The number of ether oxygens (including phenoxy) is 3. The lowest BCUT2D eigenvalue weighted by atomic mass is 9.68. The minimum atomic E-state index is -3.50. The molecule has 2 N–H and O–H groups in total. The number of benzene rings is 2. The monoisotopic (exact) mass is 724 g/mol. The number of urea groups is 1. The Labute approximate surface area is 300 Å². The largest absolute Gasteiger partial charge is 0.490 e. The van der Waals surface area contributed by atoms with Crippen LogP contribution >= 0.6 is 11.6 Å². The number of carbonyl (C=O) groups excluding carboxylic acids is 2. The molecule has 0 aromatic heterocycles. The summed E-state index contributed by atoms with van der Waals surface area (Å²) in [4.78, 5) is 29.4. The Kier molecular flexibility index (Phi) is 9.73. The first-order chi connectivity index (χ1) is 23.9. The number of methoxy groups -OCH3 is 2. The van der Waals surface area contributed by atoms with Gasteiger partial charge in [0.15, 0.2) is 0 Å². The van der Waals surface area contributed by atoms with Crippen molar-refractivity contribution in [3.63, 3.8) is 0 Å². The molecule has 0 radical (unpaired) electrons. The molecule has 3 amide bonds. The van der Waals surface area contributed by atoms with E-state index in [9.17, 15) is 13.8 Å². The van der Waals surface area contributed by atoms with Crippen LogP contribution in [0.5, 0.6) is 5.75 Å². The van der Waals surface area contributed by atoms with Crippen LogP contribution in [0.3, 0.4) is 0 Å². The number of hydrogen-bond donors (Lipinski definition) is 2. The van der Waals surface area contributed by atoms with E-state index in [1.807, 2.05) is 32.0 Å². The summed E-state index contributed by atoms with van der Waals surface area (Å²) in [5, 5.41) is 3.58. The van der Waals surface area contributed by atoms with Crippen LogP contribution in [0.25, 0.3) is 0 Å². The summed E-state index contributed by atoms with van der Waals surface area (Å²) in [6.07, 6.45) is 10.5. The van der Waals surface area contributed by atoms with E-state index in [0.29, 0.717) is 42.6 Å². The van der Waals surface area contributed by atoms with E-state index in [-0.39, 0.29) is 29.2 Å². The number of anilines is 1. The topological polar surface area (TPSA) is 119 Å². The summed E-state index contributed by atoms with van der Waals surface area (Å²) in [7, 11) is -0.140. The summed E-state index contributed by atoms with van der Waals surface area (Å²) < 4.78 is 39.4. The molecular weight excluding hydrogens is 676 g/mol. The normalized spacial score (nSPS) is 35.7. The molecule has 12 heteroatoms. The fourth-order valence-electron chi connectivity index (χ4n) is 8.48. The number of halogens is 1. The molecule has 2 bridgehead atoms. The van der Waals surface area contributed by atoms with Gasteiger partial charge in [-0.15, -0.1) is 4.36 Å². The average Bonchev–Trinajstić information content (AvgIpc) is 3.75. The zero-order chi connectivity index (χ0) is 35.3. The SMILES string of the molecule is CO[C@H]1/C=C/C[C@H](C)C[S@@](=O)(NC(=O)N[C@@H]2C[C@]2(C)OC)=NC(=O)c2ccc3c(c2)N(C[C@@H]2CC[C@H]21)C[C@@]1(CCCc2cc(Cl)ccc21)CO3. The Balaban J connectivity index is 1.27. The molecule has 50 heavy (non-hydrogen) atoms. The number of aryl methyl sites for hydroxylation is 1. The van der Waals surface area contributed by atoms with Gasteiger partial charge in [0, 0.05) is 49.7 Å². The molecule has 1 spiro atoms. The average molecular weight is 725 g/mol. The predicted octanol–water partition coefficient (Wildman–Crippen LogP) is 6.45. The second-order valence-electron chi connectivity index (χ2n) is 15.3. The quantitative estimate of drug-likeness (QED) is 0.348. The molecule has 3 aliphatic carbocycles. The highest BCUT2D eigenvalue weighted by Crippen LogP contribution is 2.47. The van der Waals surface area contributed by atoms with Crippen LogP contribution in [0.15, 0.2) is 52.9 Å². The number of allylic oxidation sites excluding steroid dienone is 1. The summed E-state index contributed by atoms with van der Waals surface area (Å²) in [6, 6.07) is 10.7. The van der Waals surface area contributed by atoms with E-state index in [2.05, 4.69) is 43.6 Å². The maximum absolute atomic E-state index is 14.4. The van der Waals surface area contributed by atoms with Gasteiger partial charge in [-0.3, -0.25) is 9.52 Å². The van der Waals surface area contributed by atoms with Crippen LogP contribution in [0.1, 0.15) is 73.9 Å². The van der Waals surface area contributed by atoms with Gasteiger partial charge in [-0.25, -0.2) is 9.00 Å². The van der Waals surface area contributed by atoms with E-state index in [1.54, 1.807) is 20.3 Å². The Morgan fingerprint density at radius 3 is 2.76 bits per heavy atom. The number of rotatable bonds is 4. The molecule has 10 nitrogen and oxygen atoms in total. The molecule has 2 aromatic rings. The molecular formula is C38H49ClN4O6S. The Bertz CT molecular complexity index is 1810. The van der Waals surface area contributed by atoms with Crippen LogP contribution < -0.4 is 19.7 Å². The first-order valence-electron chi connectivity index (χ1n) is 17.9. The minimum absolute atomic E-state index is 0.0124. The van der Waals surface area contributed by atoms with Crippen molar-refractivity contribution >= 4 is 39.1 Å². The van der Waals surface area contributed by atoms with Crippen molar-refractivity contribution in [3.05, 3.63) is 70.3 Å². The molecule has 8 atom stereocenters. The summed E-state index contributed by atoms with van der Waals surface area (Å²) in [6.45, 7) is 5.87. The maximum atomic E-state index is 14.4. The molecule has 5 aliphatic rings. The van der Waals surface area contributed by atoms with E-state index >= 15 is 0 Å². The van der Waals surface area contributed by atoms with Gasteiger partial charge in [-0.1, -0.05) is 36.7 Å². The molecule has 2 saturated carbocycles. The number of amides is 3. The van der Waals surface area contributed by atoms with Crippen LogP contribution in [-0.4, -0.2) is 73.6 Å². The van der Waals surface area contributed by atoms with Gasteiger partial charge in [0.05, 0.1) is 35.8 Å². The van der Waals surface area contributed by atoms with Gasteiger partial charge in [0.2, 0.25) is 0 Å². The lowest BCUT2D eigenvalue weighted by Gasteiger charge is -2.46. The second kappa shape index (κ2) is 13.8. The number of nitrogens with zero attached hydrogens (tertiary/aromatic N) is 2. The van der Waals surface area contributed by atoms with Gasteiger partial charge in [-0.2, -0.15) is 0 Å². The van der Waals surface area contributed by atoms with Crippen molar-refractivity contribution in [2.45, 2.75) is 82.0 Å². The highest BCUT2D eigenvalue weighted by Gasteiger charge is 2.52. The van der Waals surface area contributed by atoms with E-state index in [1.165, 1.54) is 11.1 Å². The van der Waals surface area contributed by atoms with E-state index in [0.717, 1.165) is 55.9 Å². The van der Waals surface area contributed by atoms with Gasteiger partial charge in [0.1, 0.15) is 15.7 Å². The highest BCUT2D eigenvalue weighted by molar-refractivity contribution is 7.92. The van der Waals surface area contributed by atoms with Crippen molar-refractivity contribution in [1.29, 1.82) is 0 Å². The lowest BCUT2D eigenvalue weighted by molar-refractivity contribution is 0.0131. The zero-order valence-corrected chi connectivity index (χ0v) is 31.0. The van der Waals surface area contributed by atoms with Crippen molar-refractivity contribution < 1.29 is 28.0 Å². The number of fused-ring (bicyclic) bond motifs is 4. The lowest BCUT2D eigenvalue weighted by Crippen LogP contribution is -2.49. The van der Waals surface area contributed by atoms with Gasteiger partial charge in [-0.05, 0) is 105 Å². The molecule has 2 fully saturated rings. The Morgan fingerprint density at radius 1 is 1.18 bits per heavy atom. The summed E-state index contributed by atoms with van der Waals surface area (Å²) >= 11 is 6.45. The summed E-state index contributed by atoms with van der Waals surface area (Å²) in [5.41, 5.74) is 2.94. The standard InChI is InChI=1S/C38H49ClN4O6S/c1-24-7-5-9-32(47-3)29-13-10-27(29)20-43-22-38(16-6-8-25-17-28(39)12-14-30(25)38)23-49-33-15-11-26(18-31(33)43)35(44)41-50(46,21-24)42-36(45)40-34-19-37(34,2)48-4/h5,9,11-12,14-15,17-18,24,27,29,32,34H,6-8,10,13,16,19-23H2,1-4H3,(H2,40,41,42,44,45,46)/b9-5+/t24-,27-,29+,32-,34+,37-,38-,50-/m0/s1. The van der Waals surface area contributed by atoms with E-state index in [4.69, 9.17) is 25.8 Å². The van der Waals surface area contributed by atoms with Crippen LogP contribution in [0.4, 0.5) is 10.5 Å². The van der Waals surface area contributed by atoms with Crippen LogP contribution in [-0.2, 0) is 31.2 Å². The fraction of sp³-hybridized carbons (Fsp3) is 0.579. The van der Waals surface area contributed by atoms with Gasteiger partial charge in [0.25, 0.3) is 5.91 Å². The molecule has 2 aliphatic heterocycles. The number of nitrogens with one attached hydrogen (secondary N) is 2. The molecule has 0 unspecified atom stereocenters. The first kappa shape index (κ1) is 35.3. The maximum Gasteiger partial charge on any atom is 0.327 e. The van der Waals surface area contributed by atoms with Crippen molar-refractivity contribution in [1.82, 2.24) is 10.0 Å². The third-order valence-corrected chi connectivity index (χ3v) is 13.9. The van der Waals surface area contributed by atoms with E-state index < -0.39 is 27.5 Å². The second-order valence-corrected chi connectivity index (χ2v) is 17.7. The van der Waals surface area contributed by atoms with Crippen molar-refractivity contribution in [2.75, 3.05) is 44.6 Å². The third kappa shape index (κ3) is 7.03. The van der Waals surface area contributed by atoms with Crippen LogP contribution in [0.2, 0.25) is 5.02 Å². The van der Waals surface area contributed by atoms with Crippen molar-refractivity contribution in [2.24, 2.45) is 22.1 Å². The molecule has 270 valence electrons. The zero-order valence-electron chi connectivity index (χ0n) is 29.4. The summed E-state index contributed by atoms with van der Waals surface area (Å²) in [5.74, 6) is 0.677. The molecule has 0 saturated heterocycles. The fourth-order valence-corrected chi connectivity index (χ4v) is 10.5.